The van der Waals surface area contributed by atoms with Crippen LogP contribution < -0.4 is 4.74 Å². The van der Waals surface area contributed by atoms with Crippen LogP contribution in [0.5, 0.6) is 5.75 Å². The topological polar surface area (TPSA) is 29.5 Å². The molecule has 0 N–H and O–H groups in total. The first-order valence-electron chi connectivity index (χ1n) is 9.04. The van der Waals surface area contributed by atoms with Gasteiger partial charge in [-0.3, -0.25) is 4.79 Å². The largest absolute Gasteiger partial charge is 0.494 e. The van der Waals surface area contributed by atoms with Gasteiger partial charge >= 0.3 is 0 Å². The summed E-state index contributed by atoms with van der Waals surface area (Å²) in [6, 6.07) is 16.8. The van der Waals surface area contributed by atoms with Gasteiger partial charge in [0.05, 0.1) is 17.9 Å². The third-order valence-corrected chi connectivity index (χ3v) is 6.34. The Labute approximate surface area is 153 Å². The number of benzene rings is 2. The van der Waals surface area contributed by atoms with Gasteiger partial charge in [-0.15, -0.1) is 11.8 Å². The summed E-state index contributed by atoms with van der Waals surface area (Å²) in [6.07, 6.45) is 2.98. The quantitative estimate of drug-likeness (QED) is 0.812. The molecule has 4 heteroatoms. The fraction of sp³-hybridized carbons (Fsp3) is 0.381. The molecule has 1 amide bonds. The Hall–Kier alpha value is -1.94. The van der Waals surface area contributed by atoms with E-state index in [2.05, 4.69) is 41.3 Å². The van der Waals surface area contributed by atoms with E-state index in [1.807, 2.05) is 19.1 Å². The number of carbonyl (C=O) groups is 1. The average molecular weight is 353 g/mol. The maximum Gasteiger partial charge on any atom is 0.236 e. The Kier molecular flexibility index (Phi) is 4.71. The number of hydrogen-bond acceptors (Lipinski definition) is 3. The van der Waals surface area contributed by atoms with Gasteiger partial charge in [0.1, 0.15) is 5.75 Å². The molecule has 2 aliphatic heterocycles. The van der Waals surface area contributed by atoms with Crippen molar-refractivity contribution in [2.45, 2.75) is 42.4 Å². The smallest absolute Gasteiger partial charge is 0.236 e. The van der Waals surface area contributed by atoms with Crippen molar-refractivity contribution in [2.24, 2.45) is 0 Å². The molecule has 2 aliphatic rings. The van der Waals surface area contributed by atoms with Crippen LogP contribution in [0.2, 0.25) is 0 Å². The van der Waals surface area contributed by atoms with Crippen LogP contribution in [0.3, 0.4) is 0 Å². The van der Waals surface area contributed by atoms with Gasteiger partial charge in [-0.2, -0.15) is 0 Å². The Morgan fingerprint density at radius 1 is 1.20 bits per heavy atom. The first-order chi connectivity index (χ1) is 12.3. The predicted octanol–water partition coefficient (Wildman–Crippen LogP) is 4.47. The fourth-order valence-corrected chi connectivity index (χ4v) is 5.10. The van der Waals surface area contributed by atoms with Gasteiger partial charge in [-0.1, -0.05) is 30.3 Å². The number of hydrogen-bond donors (Lipinski definition) is 0. The Morgan fingerprint density at radius 3 is 2.76 bits per heavy atom. The molecule has 0 bridgehead atoms. The highest BCUT2D eigenvalue weighted by atomic mass is 32.2. The number of fused-ring (bicyclic) bond motifs is 1. The van der Waals surface area contributed by atoms with E-state index in [1.165, 1.54) is 16.0 Å². The maximum atomic E-state index is 13.1. The molecule has 130 valence electrons. The van der Waals surface area contributed by atoms with Gasteiger partial charge in [0.25, 0.3) is 0 Å². The van der Waals surface area contributed by atoms with Crippen LogP contribution in [-0.2, 0) is 11.2 Å². The van der Waals surface area contributed by atoms with Gasteiger partial charge < -0.3 is 9.64 Å². The van der Waals surface area contributed by atoms with Crippen molar-refractivity contribution in [1.82, 2.24) is 4.90 Å². The molecule has 2 heterocycles. The second kappa shape index (κ2) is 7.12. The highest BCUT2D eigenvalue weighted by Gasteiger charge is 2.37. The third-order valence-electron chi connectivity index (χ3n) is 5.03. The molecule has 0 saturated carbocycles. The Morgan fingerprint density at radius 2 is 2.00 bits per heavy atom. The number of ether oxygens (including phenoxy) is 1. The van der Waals surface area contributed by atoms with E-state index in [4.69, 9.17) is 4.74 Å². The lowest BCUT2D eigenvalue weighted by molar-refractivity contribution is -0.131. The molecular weight excluding hydrogens is 330 g/mol. The van der Waals surface area contributed by atoms with Crippen molar-refractivity contribution >= 4 is 17.7 Å². The summed E-state index contributed by atoms with van der Waals surface area (Å²) in [7, 11) is 0. The van der Waals surface area contributed by atoms with Crippen molar-refractivity contribution in [3.8, 4) is 5.75 Å². The zero-order valence-corrected chi connectivity index (χ0v) is 15.3. The van der Waals surface area contributed by atoms with Gasteiger partial charge in [0, 0.05) is 11.4 Å². The standard InChI is InChI=1S/C21H23NO2S/c1-2-24-17-11-9-15(10-12-17)18-7-5-13-22(18)21(23)20-14-16-6-3-4-8-19(16)25-20/h3-4,6,8-12,18,20H,2,5,7,13-14H2,1H3. The van der Waals surface area contributed by atoms with Crippen LogP contribution in [0, 0.1) is 0 Å². The summed E-state index contributed by atoms with van der Waals surface area (Å²) in [5.74, 6) is 1.18. The maximum absolute atomic E-state index is 13.1. The summed E-state index contributed by atoms with van der Waals surface area (Å²) in [4.78, 5) is 16.5. The number of likely N-dealkylation sites (tertiary alicyclic amines) is 1. The van der Waals surface area contributed by atoms with Gasteiger partial charge in [0.15, 0.2) is 0 Å². The predicted molar refractivity (Wildman–Crippen MR) is 101 cm³/mol. The van der Waals surface area contributed by atoms with Crippen LogP contribution in [0.15, 0.2) is 53.4 Å². The molecule has 2 aromatic carbocycles. The lowest BCUT2D eigenvalue weighted by atomic mass is 10.0. The second-order valence-corrected chi connectivity index (χ2v) is 7.85. The summed E-state index contributed by atoms with van der Waals surface area (Å²) in [5, 5.41) is 0.0284. The Balaban J connectivity index is 1.49. The molecule has 3 nitrogen and oxygen atoms in total. The van der Waals surface area contributed by atoms with E-state index >= 15 is 0 Å². The van der Waals surface area contributed by atoms with E-state index in [0.29, 0.717) is 6.61 Å². The summed E-state index contributed by atoms with van der Waals surface area (Å²) in [5.41, 5.74) is 2.53. The molecule has 1 saturated heterocycles. The van der Waals surface area contributed by atoms with Crippen molar-refractivity contribution < 1.29 is 9.53 Å². The molecule has 0 radical (unpaired) electrons. The summed E-state index contributed by atoms with van der Waals surface area (Å²) in [6.45, 7) is 3.53. The van der Waals surface area contributed by atoms with Crippen molar-refractivity contribution in [3.05, 3.63) is 59.7 Å². The number of nitrogens with zero attached hydrogens (tertiary/aromatic N) is 1. The number of amides is 1. The number of carbonyl (C=O) groups excluding carboxylic acids is 1. The van der Waals surface area contributed by atoms with Gasteiger partial charge in [0.2, 0.25) is 5.91 Å². The molecule has 0 aliphatic carbocycles. The molecule has 4 rings (SSSR count). The van der Waals surface area contributed by atoms with E-state index in [9.17, 15) is 4.79 Å². The minimum absolute atomic E-state index is 0.0284. The van der Waals surface area contributed by atoms with E-state index < -0.39 is 0 Å². The molecule has 1 fully saturated rings. The fourth-order valence-electron chi connectivity index (χ4n) is 3.83. The second-order valence-electron chi connectivity index (χ2n) is 6.61. The van der Waals surface area contributed by atoms with Gasteiger partial charge in [-0.25, -0.2) is 0 Å². The zero-order chi connectivity index (χ0) is 17.2. The monoisotopic (exact) mass is 353 g/mol. The third kappa shape index (κ3) is 3.28. The Bertz CT molecular complexity index is 734. The van der Waals surface area contributed by atoms with Crippen molar-refractivity contribution in [3.63, 3.8) is 0 Å². The molecule has 25 heavy (non-hydrogen) atoms. The molecule has 0 spiro atoms. The van der Waals surface area contributed by atoms with Crippen LogP contribution in [0.25, 0.3) is 0 Å². The normalized spacial score (nSPS) is 22.0. The minimum atomic E-state index is 0.0284. The lowest BCUT2D eigenvalue weighted by Gasteiger charge is -2.27. The highest BCUT2D eigenvalue weighted by molar-refractivity contribution is 8.01. The first kappa shape index (κ1) is 16.5. The highest BCUT2D eigenvalue weighted by Crippen LogP contribution is 2.40. The molecule has 2 atom stereocenters. The summed E-state index contributed by atoms with van der Waals surface area (Å²) < 4.78 is 5.53. The number of rotatable bonds is 4. The zero-order valence-electron chi connectivity index (χ0n) is 14.5. The molecule has 2 aromatic rings. The van der Waals surface area contributed by atoms with Crippen molar-refractivity contribution in [1.29, 1.82) is 0 Å². The average Bonchev–Trinajstić information content (AvgIpc) is 3.29. The van der Waals surface area contributed by atoms with Crippen LogP contribution in [0.1, 0.15) is 36.9 Å². The van der Waals surface area contributed by atoms with E-state index in [1.54, 1.807) is 11.8 Å². The lowest BCUT2D eigenvalue weighted by Crippen LogP contribution is -2.37. The summed E-state index contributed by atoms with van der Waals surface area (Å²) >= 11 is 1.73. The first-order valence-corrected chi connectivity index (χ1v) is 9.92. The van der Waals surface area contributed by atoms with Crippen molar-refractivity contribution in [2.75, 3.05) is 13.2 Å². The minimum Gasteiger partial charge on any atom is -0.494 e. The molecule has 2 unspecified atom stereocenters. The van der Waals surface area contributed by atoms with Crippen LogP contribution >= 0.6 is 11.8 Å². The van der Waals surface area contributed by atoms with Gasteiger partial charge in [-0.05, 0) is 55.5 Å². The van der Waals surface area contributed by atoms with E-state index in [-0.39, 0.29) is 17.2 Å². The SMILES string of the molecule is CCOc1ccc(C2CCCN2C(=O)C2Cc3ccccc3S2)cc1. The van der Waals surface area contributed by atoms with Crippen LogP contribution in [0.4, 0.5) is 0 Å². The molecular formula is C21H23NO2S. The van der Waals surface area contributed by atoms with Crippen LogP contribution in [-0.4, -0.2) is 29.2 Å². The van der Waals surface area contributed by atoms with E-state index in [0.717, 1.165) is 31.6 Å². The number of thioether (sulfide) groups is 1. The molecule has 0 aromatic heterocycles.